The third-order valence-electron chi connectivity index (χ3n) is 4.11. The Morgan fingerprint density at radius 2 is 1.92 bits per heavy atom. The van der Waals surface area contributed by atoms with Gasteiger partial charge in [-0.3, -0.25) is 9.69 Å². The lowest BCUT2D eigenvalue weighted by Crippen LogP contribution is -2.33. The Kier molecular flexibility index (Phi) is 5.64. The van der Waals surface area contributed by atoms with E-state index in [1.165, 1.54) is 17.3 Å². The molecule has 0 aliphatic carbocycles. The molecule has 3 rings (SSSR count). The lowest BCUT2D eigenvalue weighted by Gasteiger charge is -2.17. The number of hydrogen-bond donors (Lipinski definition) is 1. The number of anilines is 1. The van der Waals surface area contributed by atoms with E-state index in [9.17, 15) is 4.79 Å². The van der Waals surface area contributed by atoms with Crippen molar-refractivity contribution in [3.8, 4) is 5.75 Å². The Balaban J connectivity index is 1.72. The fourth-order valence-corrected chi connectivity index (χ4v) is 3.83. The molecule has 1 heterocycles. The van der Waals surface area contributed by atoms with Gasteiger partial charge in [-0.2, -0.15) is 0 Å². The standard InChI is InChI=1S/C20H20N2O2S2/c1-13-4-5-14(2)17(10-13)21-12-22-19(23)18(26-20(22)25)11-15-6-8-16(24-3)9-7-15/h4-11,21H,12H2,1-3H3. The Bertz CT molecular complexity index is 876. The summed E-state index contributed by atoms with van der Waals surface area (Å²) >= 11 is 6.72. The van der Waals surface area contributed by atoms with E-state index in [4.69, 9.17) is 17.0 Å². The highest BCUT2D eigenvalue weighted by Crippen LogP contribution is 2.32. The largest absolute Gasteiger partial charge is 0.497 e. The first-order valence-electron chi connectivity index (χ1n) is 8.18. The van der Waals surface area contributed by atoms with Gasteiger partial charge >= 0.3 is 0 Å². The first-order chi connectivity index (χ1) is 12.5. The van der Waals surface area contributed by atoms with Crippen LogP contribution in [0.4, 0.5) is 5.69 Å². The first kappa shape index (κ1) is 18.5. The van der Waals surface area contributed by atoms with E-state index in [1.54, 1.807) is 12.0 Å². The van der Waals surface area contributed by atoms with Crippen molar-refractivity contribution in [2.24, 2.45) is 0 Å². The third kappa shape index (κ3) is 4.08. The number of methoxy groups -OCH3 is 1. The van der Waals surface area contributed by atoms with Crippen LogP contribution < -0.4 is 10.1 Å². The molecule has 2 aromatic carbocycles. The smallest absolute Gasteiger partial charge is 0.267 e. The number of benzene rings is 2. The average molecular weight is 385 g/mol. The molecule has 0 radical (unpaired) electrons. The van der Waals surface area contributed by atoms with Gasteiger partial charge in [0, 0.05) is 5.69 Å². The minimum Gasteiger partial charge on any atom is -0.497 e. The van der Waals surface area contributed by atoms with Gasteiger partial charge in [0.15, 0.2) is 0 Å². The summed E-state index contributed by atoms with van der Waals surface area (Å²) in [5.74, 6) is 0.709. The van der Waals surface area contributed by atoms with Crippen LogP contribution in [0.5, 0.6) is 5.75 Å². The fourth-order valence-electron chi connectivity index (χ4n) is 2.58. The number of hydrogen-bond acceptors (Lipinski definition) is 5. The van der Waals surface area contributed by atoms with Crippen molar-refractivity contribution in [1.82, 2.24) is 4.90 Å². The normalized spacial score (nSPS) is 15.7. The van der Waals surface area contributed by atoms with Crippen LogP contribution in [0.25, 0.3) is 6.08 Å². The number of amides is 1. The molecule has 134 valence electrons. The number of nitrogens with zero attached hydrogens (tertiary/aromatic N) is 1. The summed E-state index contributed by atoms with van der Waals surface area (Å²) in [5.41, 5.74) is 4.25. The van der Waals surface area contributed by atoms with Crippen LogP contribution in [-0.2, 0) is 4.79 Å². The van der Waals surface area contributed by atoms with E-state index >= 15 is 0 Å². The molecule has 4 nitrogen and oxygen atoms in total. The summed E-state index contributed by atoms with van der Waals surface area (Å²) in [7, 11) is 1.63. The van der Waals surface area contributed by atoms with Crippen LogP contribution in [0.2, 0.25) is 0 Å². The molecule has 1 N–H and O–H groups in total. The van der Waals surface area contributed by atoms with Gasteiger partial charge in [-0.05, 0) is 54.8 Å². The maximum absolute atomic E-state index is 12.7. The lowest BCUT2D eigenvalue weighted by atomic mass is 10.1. The summed E-state index contributed by atoms with van der Waals surface area (Å²) in [4.78, 5) is 14.9. The fraction of sp³-hybridized carbons (Fsp3) is 0.200. The van der Waals surface area contributed by atoms with Gasteiger partial charge in [0.25, 0.3) is 5.91 Å². The number of aryl methyl sites for hydroxylation is 2. The van der Waals surface area contributed by atoms with E-state index in [2.05, 4.69) is 23.5 Å². The molecule has 26 heavy (non-hydrogen) atoms. The van der Waals surface area contributed by atoms with Crippen molar-refractivity contribution in [2.75, 3.05) is 19.1 Å². The number of thiocarbonyl (C=S) groups is 1. The second-order valence-electron chi connectivity index (χ2n) is 6.04. The Morgan fingerprint density at radius 3 is 2.62 bits per heavy atom. The number of thioether (sulfide) groups is 1. The number of ether oxygens (including phenoxy) is 1. The second-order valence-corrected chi connectivity index (χ2v) is 7.71. The highest BCUT2D eigenvalue weighted by Gasteiger charge is 2.31. The SMILES string of the molecule is COc1ccc(C=C2SC(=S)N(CNc3cc(C)ccc3C)C2=O)cc1. The highest BCUT2D eigenvalue weighted by molar-refractivity contribution is 8.26. The molecule has 1 fully saturated rings. The molecule has 1 amide bonds. The zero-order chi connectivity index (χ0) is 18.7. The monoisotopic (exact) mass is 384 g/mol. The molecular formula is C20H20N2O2S2. The Hall–Kier alpha value is -2.31. The predicted molar refractivity (Wildman–Crippen MR) is 112 cm³/mol. The van der Waals surface area contributed by atoms with E-state index < -0.39 is 0 Å². The van der Waals surface area contributed by atoms with Crippen LogP contribution >= 0.6 is 24.0 Å². The Labute approximate surface area is 163 Å². The van der Waals surface area contributed by atoms with Gasteiger partial charge in [0.2, 0.25) is 0 Å². The van der Waals surface area contributed by atoms with Gasteiger partial charge in [-0.25, -0.2) is 0 Å². The van der Waals surface area contributed by atoms with E-state index in [0.717, 1.165) is 22.6 Å². The van der Waals surface area contributed by atoms with Crippen molar-refractivity contribution in [1.29, 1.82) is 0 Å². The van der Waals surface area contributed by atoms with Crippen LogP contribution in [0.15, 0.2) is 47.4 Å². The van der Waals surface area contributed by atoms with Gasteiger partial charge in [-0.15, -0.1) is 0 Å². The second kappa shape index (κ2) is 7.93. The summed E-state index contributed by atoms with van der Waals surface area (Å²) in [5, 5.41) is 3.32. The van der Waals surface area contributed by atoms with Crippen molar-refractivity contribution in [3.05, 3.63) is 64.1 Å². The predicted octanol–water partition coefficient (Wildman–Crippen LogP) is 4.58. The number of carbonyl (C=O) groups excluding carboxylic acids is 1. The number of nitrogens with one attached hydrogen (secondary N) is 1. The van der Waals surface area contributed by atoms with Crippen molar-refractivity contribution < 1.29 is 9.53 Å². The molecular weight excluding hydrogens is 364 g/mol. The molecule has 1 saturated heterocycles. The average Bonchev–Trinajstić information content (AvgIpc) is 2.90. The van der Waals surface area contributed by atoms with E-state index in [-0.39, 0.29) is 5.91 Å². The van der Waals surface area contributed by atoms with Gasteiger partial charge in [0.1, 0.15) is 10.1 Å². The maximum Gasteiger partial charge on any atom is 0.267 e. The minimum absolute atomic E-state index is 0.0753. The zero-order valence-corrected chi connectivity index (χ0v) is 16.5. The molecule has 0 bridgehead atoms. The third-order valence-corrected chi connectivity index (χ3v) is 5.49. The molecule has 0 spiro atoms. The number of rotatable bonds is 5. The van der Waals surface area contributed by atoms with Crippen LogP contribution in [0.1, 0.15) is 16.7 Å². The summed E-state index contributed by atoms with van der Waals surface area (Å²) in [6, 6.07) is 13.8. The summed E-state index contributed by atoms with van der Waals surface area (Å²) in [6.45, 7) is 4.44. The molecule has 2 aromatic rings. The molecule has 1 aliphatic heterocycles. The summed E-state index contributed by atoms with van der Waals surface area (Å²) < 4.78 is 5.72. The quantitative estimate of drug-likeness (QED) is 0.603. The van der Waals surface area contributed by atoms with Crippen molar-refractivity contribution >= 4 is 46.0 Å². The zero-order valence-electron chi connectivity index (χ0n) is 14.9. The molecule has 0 atom stereocenters. The van der Waals surface area contributed by atoms with Crippen LogP contribution in [0, 0.1) is 13.8 Å². The first-order valence-corrected chi connectivity index (χ1v) is 9.41. The van der Waals surface area contributed by atoms with Crippen molar-refractivity contribution in [3.63, 3.8) is 0 Å². The van der Waals surface area contributed by atoms with Gasteiger partial charge in [-0.1, -0.05) is 48.2 Å². The van der Waals surface area contributed by atoms with Gasteiger partial charge in [0.05, 0.1) is 18.7 Å². The van der Waals surface area contributed by atoms with Gasteiger partial charge < -0.3 is 10.1 Å². The maximum atomic E-state index is 12.7. The van der Waals surface area contributed by atoms with E-state index in [0.29, 0.717) is 15.9 Å². The Morgan fingerprint density at radius 1 is 1.19 bits per heavy atom. The highest BCUT2D eigenvalue weighted by atomic mass is 32.2. The van der Waals surface area contributed by atoms with Crippen molar-refractivity contribution in [2.45, 2.75) is 13.8 Å². The van der Waals surface area contributed by atoms with Crippen LogP contribution in [0.3, 0.4) is 0 Å². The summed E-state index contributed by atoms with van der Waals surface area (Å²) in [6.07, 6.45) is 1.86. The van der Waals surface area contributed by atoms with E-state index in [1.807, 2.05) is 44.2 Å². The van der Waals surface area contributed by atoms with Crippen LogP contribution in [-0.4, -0.2) is 28.9 Å². The topological polar surface area (TPSA) is 41.6 Å². The lowest BCUT2D eigenvalue weighted by molar-refractivity contribution is -0.121. The molecule has 6 heteroatoms. The minimum atomic E-state index is -0.0753. The molecule has 1 aliphatic rings. The molecule has 0 aromatic heterocycles. The molecule has 0 unspecified atom stereocenters. The number of carbonyl (C=O) groups is 1. The molecule has 0 saturated carbocycles.